The summed E-state index contributed by atoms with van der Waals surface area (Å²) in [6.07, 6.45) is 3.15. The second kappa shape index (κ2) is 5.69. The largest absolute Gasteiger partial charge is 0.393 e. The lowest BCUT2D eigenvalue weighted by Crippen LogP contribution is -2.43. The Kier molecular flexibility index (Phi) is 3.74. The number of amides is 2. The molecule has 1 unspecified atom stereocenters. The van der Waals surface area contributed by atoms with E-state index >= 15 is 0 Å². The summed E-state index contributed by atoms with van der Waals surface area (Å²) in [6.45, 7) is 3.11. The van der Waals surface area contributed by atoms with Crippen LogP contribution in [0.3, 0.4) is 0 Å². The number of carbonyl (C=O) groups excluding carboxylic acids is 1. The van der Waals surface area contributed by atoms with Crippen LogP contribution in [-0.2, 0) is 0 Å². The van der Waals surface area contributed by atoms with E-state index in [1.165, 1.54) is 0 Å². The molecule has 2 N–H and O–H groups in total. The highest BCUT2D eigenvalue weighted by Gasteiger charge is 2.26. The number of aliphatic hydroxyl groups excluding tert-OH is 1. The normalized spacial score (nSPS) is 17.9. The van der Waals surface area contributed by atoms with Crippen molar-refractivity contribution in [3.05, 3.63) is 24.4 Å². The molecule has 112 valence electrons. The first kappa shape index (κ1) is 13.8. The van der Waals surface area contributed by atoms with Crippen molar-refractivity contribution >= 4 is 17.6 Å². The Morgan fingerprint density at radius 3 is 2.86 bits per heavy atom. The zero-order valence-electron chi connectivity index (χ0n) is 11.9. The van der Waals surface area contributed by atoms with Gasteiger partial charge in [-0.15, -0.1) is 10.2 Å². The minimum atomic E-state index is -0.310. The molecule has 3 rings (SSSR count). The number of aliphatic hydroxyl groups is 1. The Morgan fingerprint density at radius 1 is 1.38 bits per heavy atom. The molecular formula is C14H19N5O2. The van der Waals surface area contributed by atoms with Gasteiger partial charge in [0.15, 0.2) is 5.65 Å². The van der Waals surface area contributed by atoms with E-state index in [1.54, 1.807) is 9.30 Å². The Balaban J connectivity index is 1.65. The zero-order chi connectivity index (χ0) is 14.8. The molecule has 21 heavy (non-hydrogen) atoms. The van der Waals surface area contributed by atoms with E-state index in [2.05, 4.69) is 15.5 Å². The number of nitrogens with zero attached hydrogens (tertiary/aromatic N) is 4. The van der Waals surface area contributed by atoms with Crippen molar-refractivity contribution < 1.29 is 9.90 Å². The van der Waals surface area contributed by atoms with Crippen molar-refractivity contribution in [2.24, 2.45) is 5.92 Å². The SMILES string of the molecule is CC(O)C1CCN(C(=O)Nc2nnc3ccccn23)CC1. The molecule has 0 radical (unpaired) electrons. The summed E-state index contributed by atoms with van der Waals surface area (Å²) in [5.41, 5.74) is 0.695. The van der Waals surface area contributed by atoms with Crippen LogP contribution < -0.4 is 5.32 Å². The van der Waals surface area contributed by atoms with Gasteiger partial charge in [0, 0.05) is 19.3 Å². The third-order valence-electron chi connectivity index (χ3n) is 4.04. The number of rotatable bonds is 2. The standard InChI is InChI=1S/C14H19N5O2/c1-10(20)11-5-8-18(9-6-11)14(21)15-13-17-16-12-4-2-3-7-19(12)13/h2-4,7,10-11,20H,5-6,8-9H2,1H3,(H,15,17,21). The maximum absolute atomic E-state index is 12.3. The van der Waals surface area contributed by atoms with Crippen molar-refractivity contribution in [2.45, 2.75) is 25.9 Å². The molecule has 2 aromatic heterocycles. The van der Waals surface area contributed by atoms with Gasteiger partial charge in [-0.1, -0.05) is 6.07 Å². The molecule has 0 saturated carbocycles. The van der Waals surface area contributed by atoms with E-state index in [1.807, 2.05) is 31.3 Å². The maximum Gasteiger partial charge on any atom is 0.324 e. The smallest absolute Gasteiger partial charge is 0.324 e. The third kappa shape index (κ3) is 2.82. The number of piperidine rings is 1. The zero-order valence-corrected chi connectivity index (χ0v) is 11.9. The van der Waals surface area contributed by atoms with Gasteiger partial charge in [0.25, 0.3) is 0 Å². The van der Waals surface area contributed by atoms with Crippen LogP contribution >= 0.6 is 0 Å². The molecule has 1 atom stereocenters. The van der Waals surface area contributed by atoms with Crippen molar-refractivity contribution in [3.8, 4) is 0 Å². The Labute approximate surface area is 122 Å². The molecular weight excluding hydrogens is 270 g/mol. The highest BCUT2D eigenvalue weighted by molar-refractivity contribution is 5.87. The topological polar surface area (TPSA) is 82.8 Å². The number of urea groups is 1. The summed E-state index contributed by atoms with van der Waals surface area (Å²) in [7, 11) is 0. The van der Waals surface area contributed by atoms with E-state index < -0.39 is 0 Å². The lowest BCUT2D eigenvalue weighted by Gasteiger charge is -2.33. The van der Waals surface area contributed by atoms with Crippen LogP contribution in [-0.4, -0.2) is 49.8 Å². The van der Waals surface area contributed by atoms with Gasteiger partial charge < -0.3 is 10.0 Å². The predicted octanol–water partition coefficient (Wildman–Crippen LogP) is 1.35. The fraction of sp³-hybridized carbons (Fsp3) is 0.500. The van der Waals surface area contributed by atoms with Gasteiger partial charge >= 0.3 is 6.03 Å². The predicted molar refractivity (Wildman–Crippen MR) is 78.0 cm³/mol. The number of nitrogens with one attached hydrogen (secondary N) is 1. The Morgan fingerprint density at radius 2 is 2.14 bits per heavy atom. The second-order valence-electron chi connectivity index (χ2n) is 5.45. The van der Waals surface area contributed by atoms with Gasteiger partial charge in [-0.25, -0.2) is 4.79 Å². The molecule has 0 aliphatic carbocycles. The highest BCUT2D eigenvalue weighted by atomic mass is 16.3. The molecule has 3 heterocycles. The summed E-state index contributed by atoms with van der Waals surface area (Å²) >= 11 is 0. The molecule has 2 amide bonds. The fourth-order valence-corrected chi connectivity index (χ4v) is 2.69. The van der Waals surface area contributed by atoms with Crippen LogP contribution in [0.1, 0.15) is 19.8 Å². The average molecular weight is 289 g/mol. The Bertz CT molecular complexity index is 631. The Hall–Kier alpha value is -2.15. The lowest BCUT2D eigenvalue weighted by atomic mass is 9.92. The van der Waals surface area contributed by atoms with Gasteiger partial charge in [-0.2, -0.15) is 0 Å². The quantitative estimate of drug-likeness (QED) is 0.874. The summed E-state index contributed by atoms with van der Waals surface area (Å²) < 4.78 is 1.74. The summed E-state index contributed by atoms with van der Waals surface area (Å²) in [6, 6.07) is 5.39. The first-order valence-electron chi connectivity index (χ1n) is 7.19. The molecule has 7 heteroatoms. The van der Waals surface area contributed by atoms with E-state index in [4.69, 9.17) is 0 Å². The number of likely N-dealkylation sites (tertiary alicyclic amines) is 1. The summed E-state index contributed by atoms with van der Waals surface area (Å²) in [5.74, 6) is 0.705. The van der Waals surface area contributed by atoms with Crippen LogP contribution in [0, 0.1) is 5.92 Å². The molecule has 1 fully saturated rings. The van der Waals surface area contributed by atoms with Gasteiger partial charge in [-0.05, 0) is 37.8 Å². The summed E-state index contributed by atoms with van der Waals surface area (Å²) in [5, 5.41) is 20.4. The minimum Gasteiger partial charge on any atom is -0.393 e. The molecule has 0 aromatic carbocycles. The van der Waals surface area contributed by atoms with Gasteiger partial charge in [0.1, 0.15) is 0 Å². The first-order chi connectivity index (χ1) is 10.1. The van der Waals surface area contributed by atoms with Gasteiger partial charge in [0.2, 0.25) is 5.95 Å². The summed E-state index contributed by atoms with van der Waals surface area (Å²) in [4.78, 5) is 14.0. The van der Waals surface area contributed by atoms with Crippen LogP contribution in [0.4, 0.5) is 10.7 Å². The molecule has 7 nitrogen and oxygen atoms in total. The number of carbonyl (C=O) groups is 1. The molecule has 0 bridgehead atoms. The molecule has 1 saturated heterocycles. The molecule has 1 aliphatic rings. The third-order valence-corrected chi connectivity index (χ3v) is 4.04. The molecule has 0 spiro atoms. The second-order valence-corrected chi connectivity index (χ2v) is 5.45. The first-order valence-corrected chi connectivity index (χ1v) is 7.19. The molecule has 1 aliphatic heterocycles. The van der Waals surface area contributed by atoms with Crippen molar-refractivity contribution in [2.75, 3.05) is 18.4 Å². The van der Waals surface area contributed by atoms with Gasteiger partial charge in [-0.3, -0.25) is 9.72 Å². The number of hydrogen-bond donors (Lipinski definition) is 2. The maximum atomic E-state index is 12.3. The number of aromatic nitrogens is 3. The minimum absolute atomic E-state index is 0.169. The van der Waals surface area contributed by atoms with Crippen LogP contribution in [0.15, 0.2) is 24.4 Å². The van der Waals surface area contributed by atoms with E-state index in [-0.39, 0.29) is 18.1 Å². The number of anilines is 1. The van der Waals surface area contributed by atoms with E-state index in [0.29, 0.717) is 24.7 Å². The van der Waals surface area contributed by atoms with Gasteiger partial charge in [0.05, 0.1) is 6.10 Å². The highest BCUT2D eigenvalue weighted by Crippen LogP contribution is 2.21. The van der Waals surface area contributed by atoms with E-state index in [9.17, 15) is 9.90 Å². The average Bonchev–Trinajstić information content (AvgIpc) is 2.91. The van der Waals surface area contributed by atoms with Crippen molar-refractivity contribution in [1.82, 2.24) is 19.5 Å². The van der Waals surface area contributed by atoms with Crippen LogP contribution in [0.2, 0.25) is 0 Å². The number of fused-ring (bicyclic) bond motifs is 1. The molecule has 2 aromatic rings. The van der Waals surface area contributed by atoms with Crippen molar-refractivity contribution in [3.63, 3.8) is 0 Å². The van der Waals surface area contributed by atoms with Crippen LogP contribution in [0.5, 0.6) is 0 Å². The van der Waals surface area contributed by atoms with Crippen molar-refractivity contribution in [1.29, 1.82) is 0 Å². The van der Waals surface area contributed by atoms with Crippen LogP contribution in [0.25, 0.3) is 5.65 Å². The number of hydrogen-bond acceptors (Lipinski definition) is 4. The lowest BCUT2D eigenvalue weighted by molar-refractivity contribution is 0.0820. The monoisotopic (exact) mass is 289 g/mol. The van der Waals surface area contributed by atoms with E-state index in [0.717, 1.165) is 12.8 Å². The fourth-order valence-electron chi connectivity index (χ4n) is 2.69. The number of pyridine rings is 1.